The number of halogens is 2. The molecule has 84 valence electrons. The molecule has 3 nitrogen and oxygen atoms in total. The van der Waals surface area contributed by atoms with E-state index < -0.39 is 0 Å². The normalized spacial score (nSPS) is 10.8. The number of aryl methyl sites for hydroxylation is 1. The summed E-state index contributed by atoms with van der Waals surface area (Å²) in [6, 6.07) is 4.81. The van der Waals surface area contributed by atoms with Gasteiger partial charge in [-0.05, 0) is 34.1 Å². The molecule has 0 aliphatic heterocycles. The molecule has 0 saturated carbocycles. The summed E-state index contributed by atoms with van der Waals surface area (Å²) in [5, 5.41) is 4.32. The highest BCUT2D eigenvalue weighted by atomic mass is 79.9. The van der Waals surface area contributed by atoms with Crippen LogP contribution in [-0.4, -0.2) is 9.78 Å². The van der Waals surface area contributed by atoms with Gasteiger partial charge in [-0.25, -0.2) is 4.39 Å². The van der Waals surface area contributed by atoms with Crippen molar-refractivity contribution in [3.05, 3.63) is 40.2 Å². The topological polar surface area (TPSA) is 43.8 Å². The van der Waals surface area contributed by atoms with Crippen molar-refractivity contribution in [1.82, 2.24) is 9.78 Å². The third-order valence-electron chi connectivity index (χ3n) is 2.32. The van der Waals surface area contributed by atoms with Gasteiger partial charge in [-0.3, -0.25) is 4.68 Å². The van der Waals surface area contributed by atoms with E-state index in [9.17, 15) is 4.39 Å². The zero-order chi connectivity index (χ0) is 11.7. The van der Waals surface area contributed by atoms with E-state index in [1.807, 2.05) is 13.2 Å². The van der Waals surface area contributed by atoms with Gasteiger partial charge in [0.05, 0.1) is 10.2 Å². The van der Waals surface area contributed by atoms with Crippen molar-refractivity contribution in [2.45, 2.75) is 6.54 Å². The summed E-state index contributed by atoms with van der Waals surface area (Å²) < 4.78 is 15.2. The van der Waals surface area contributed by atoms with Gasteiger partial charge in [-0.2, -0.15) is 5.10 Å². The first-order valence-corrected chi connectivity index (χ1v) is 5.59. The highest BCUT2D eigenvalue weighted by Crippen LogP contribution is 2.26. The first kappa shape index (κ1) is 11.3. The van der Waals surface area contributed by atoms with Gasteiger partial charge in [0, 0.05) is 30.9 Å². The third kappa shape index (κ3) is 2.01. The Kier molecular flexibility index (Phi) is 3.07. The Bertz CT molecular complexity index is 522. The smallest absolute Gasteiger partial charge is 0.137 e. The lowest BCUT2D eigenvalue weighted by Gasteiger charge is -2.01. The van der Waals surface area contributed by atoms with Crippen LogP contribution in [0.1, 0.15) is 5.56 Å². The van der Waals surface area contributed by atoms with E-state index in [2.05, 4.69) is 21.0 Å². The summed E-state index contributed by atoms with van der Waals surface area (Å²) in [7, 11) is 1.83. The molecule has 0 fully saturated rings. The molecule has 16 heavy (non-hydrogen) atoms. The maximum absolute atomic E-state index is 13.1. The maximum Gasteiger partial charge on any atom is 0.137 e. The number of nitrogens with zero attached hydrogens (tertiary/aromatic N) is 2. The Morgan fingerprint density at radius 2 is 2.25 bits per heavy atom. The molecule has 0 spiro atoms. The second-order valence-electron chi connectivity index (χ2n) is 3.51. The Hall–Kier alpha value is -1.20. The second kappa shape index (κ2) is 4.35. The lowest BCUT2D eigenvalue weighted by Crippen LogP contribution is -1.96. The molecule has 5 heteroatoms. The minimum absolute atomic E-state index is 0.283. The lowest BCUT2D eigenvalue weighted by atomic mass is 10.1. The summed E-state index contributed by atoms with van der Waals surface area (Å²) in [6.07, 6.45) is 1.87. The maximum atomic E-state index is 13.1. The summed E-state index contributed by atoms with van der Waals surface area (Å²) in [5.74, 6) is -0.283. The van der Waals surface area contributed by atoms with Gasteiger partial charge in [-0.15, -0.1) is 0 Å². The predicted molar refractivity (Wildman–Crippen MR) is 64.2 cm³/mol. The Morgan fingerprint density at radius 3 is 2.88 bits per heavy atom. The Labute approximate surface area is 101 Å². The molecule has 0 aliphatic rings. The van der Waals surface area contributed by atoms with Crippen molar-refractivity contribution in [2.24, 2.45) is 12.8 Å². The van der Waals surface area contributed by atoms with Gasteiger partial charge >= 0.3 is 0 Å². The largest absolute Gasteiger partial charge is 0.326 e. The highest BCUT2D eigenvalue weighted by molar-refractivity contribution is 9.10. The average Bonchev–Trinajstić information content (AvgIpc) is 2.63. The fourth-order valence-corrected chi connectivity index (χ4v) is 1.95. The van der Waals surface area contributed by atoms with Gasteiger partial charge < -0.3 is 5.73 Å². The van der Waals surface area contributed by atoms with Crippen molar-refractivity contribution in [1.29, 1.82) is 0 Å². The highest BCUT2D eigenvalue weighted by Gasteiger charge is 2.10. The molecular formula is C11H11BrFN3. The Morgan fingerprint density at radius 1 is 1.50 bits per heavy atom. The first-order chi connectivity index (χ1) is 7.61. The molecule has 0 radical (unpaired) electrons. The molecule has 1 aromatic heterocycles. The van der Waals surface area contributed by atoms with E-state index in [0.29, 0.717) is 11.0 Å². The van der Waals surface area contributed by atoms with Crippen LogP contribution in [-0.2, 0) is 13.6 Å². The summed E-state index contributed by atoms with van der Waals surface area (Å²) >= 11 is 3.16. The number of hydrogen-bond acceptors (Lipinski definition) is 2. The molecule has 2 aromatic rings. The number of nitrogens with two attached hydrogens (primary N) is 1. The molecule has 0 amide bonds. The lowest BCUT2D eigenvalue weighted by molar-refractivity contribution is 0.621. The van der Waals surface area contributed by atoms with Gasteiger partial charge in [0.2, 0.25) is 0 Å². The molecule has 0 unspecified atom stereocenters. The molecular weight excluding hydrogens is 273 g/mol. The van der Waals surface area contributed by atoms with E-state index in [1.165, 1.54) is 6.07 Å². The van der Waals surface area contributed by atoms with Crippen LogP contribution in [0.3, 0.4) is 0 Å². The van der Waals surface area contributed by atoms with Crippen LogP contribution in [0.2, 0.25) is 0 Å². The summed E-state index contributed by atoms with van der Waals surface area (Å²) in [6.45, 7) is 0.415. The molecule has 0 atom stereocenters. The Balaban J connectivity index is 2.53. The molecule has 0 aliphatic carbocycles. The van der Waals surface area contributed by atoms with Crippen LogP contribution in [0, 0.1) is 5.82 Å². The van der Waals surface area contributed by atoms with E-state index >= 15 is 0 Å². The fraction of sp³-hybridized carbons (Fsp3) is 0.182. The van der Waals surface area contributed by atoms with Gasteiger partial charge in [0.1, 0.15) is 5.82 Å². The van der Waals surface area contributed by atoms with Crippen molar-refractivity contribution in [2.75, 3.05) is 0 Å². The van der Waals surface area contributed by atoms with Crippen LogP contribution < -0.4 is 5.73 Å². The van der Waals surface area contributed by atoms with Crippen LogP contribution >= 0.6 is 15.9 Å². The number of rotatable bonds is 2. The standard InChI is InChI=1S/C11H11BrFN3/c1-16-6-8(5-14)11(15-16)7-2-3-10(13)9(12)4-7/h2-4,6H,5,14H2,1H3. The number of aromatic nitrogens is 2. The zero-order valence-corrected chi connectivity index (χ0v) is 10.3. The van der Waals surface area contributed by atoms with Crippen molar-refractivity contribution in [3.8, 4) is 11.3 Å². The van der Waals surface area contributed by atoms with Gasteiger partial charge in [0.15, 0.2) is 0 Å². The van der Waals surface area contributed by atoms with E-state index in [0.717, 1.165) is 16.8 Å². The van der Waals surface area contributed by atoms with Crippen LogP contribution in [0.25, 0.3) is 11.3 Å². The van der Waals surface area contributed by atoms with Crippen LogP contribution in [0.4, 0.5) is 4.39 Å². The predicted octanol–water partition coefficient (Wildman–Crippen LogP) is 2.45. The van der Waals surface area contributed by atoms with Crippen molar-refractivity contribution in [3.63, 3.8) is 0 Å². The molecule has 2 N–H and O–H groups in total. The van der Waals surface area contributed by atoms with Crippen LogP contribution in [0.5, 0.6) is 0 Å². The molecule has 1 aromatic carbocycles. The summed E-state index contributed by atoms with van der Waals surface area (Å²) in [4.78, 5) is 0. The average molecular weight is 284 g/mol. The van der Waals surface area contributed by atoms with Crippen molar-refractivity contribution < 1.29 is 4.39 Å². The first-order valence-electron chi connectivity index (χ1n) is 4.80. The van der Waals surface area contributed by atoms with Crippen LogP contribution in [0.15, 0.2) is 28.9 Å². The number of benzene rings is 1. The fourth-order valence-electron chi connectivity index (χ4n) is 1.57. The van der Waals surface area contributed by atoms with Gasteiger partial charge in [0.25, 0.3) is 0 Å². The second-order valence-corrected chi connectivity index (χ2v) is 4.36. The third-order valence-corrected chi connectivity index (χ3v) is 2.93. The van der Waals surface area contributed by atoms with Gasteiger partial charge in [-0.1, -0.05) is 0 Å². The molecule has 1 heterocycles. The minimum atomic E-state index is -0.283. The number of hydrogen-bond donors (Lipinski definition) is 1. The minimum Gasteiger partial charge on any atom is -0.326 e. The van der Waals surface area contributed by atoms with E-state index in [-0.39, 0.29) is 5.82 Å². The SMILES string of the molecule is Cn1cc(CN)c(-c2ccc(F)c(Br)c2)n1. The molecule has 0 saturated heterocycles. The van der Waals surface area contributed by atoms with E-state index in [1.54, 1.807) is 16.8 Å². The van der Waals surface area contributed by atoms with E-state index in [4.69, 9.17) is 5.73 Å². The van der Waals surface area contributed by atoms with Crippen molar-refractivity contribution >= 4 is 15.9 Å². The quantitative estimate of drug-likeness (QED) is 0.920. The monoisotopic (exact) mass is 283 g/mol. The zero-order valence-electron chi connectivity index (χ0n) is 8.74. The molecule has 2 rings (SSSR count). The molecule has 0 bridgehead atoms. The summed E-state index contributed by atoms with van der Waals surface area (Å²) in [5.41, 5.74) is 8.23.